The molecule has 1 aromatic rings. The maximum atomic E-state index is 11.7. The third kappa shape index (κ3) is 6.15. The molecular formula is C16H24O2S. The zero-order valence-corrected chi connectivity index (χ0v) is 12.9. The largest absolute Gasteiger partial charge is 0.465 e. The van der Waals surface area contributed by atoms with Crippen LogP contribution in [-0.2, 0) is 9.53 Å². The van der Waals surface area contributed by atoms with Gasteiger partial charge in [0.15, 0.2) is 0 Å². The number of hydrogen-bond donors (Lipinski definition) is 0. The minimum absolute atomic E-state index is 0.0342. The van der Waals surface area contributed by atoms with Gasteiger partial charge < -0.3 is 4.74 Å². The summed E-state index contributed by atoms with van der Waals surface area (Å²) in [6.07, 6.45) is 2.01. The van der Waals surface area contributed by atoms with Crippen molar-refractivity contribution >= 4 is 17.7 Å². The molecule has 106 valence electrons. The third-order valence-electron chi connectivity index (χ3n) is 3.01. The van der Waals surface area contributed by atoms with E-state index in [0.717, 1.165) is 18.6 Å². The summed E-state index contributed by atoms with van der Waals surface area (Å²) in [5.74, 6) is 0.704. The average molecular weight is 280 g/mol. The van der Waals surface area contributed by atoms with E-state index >= 15 is 0 Å². The molecule has 0 heterocycles. The number of carbonyl (C=O) groups excluding carboxylic acids is 1. The quantitative estimate of drug-likeness (QED) is 0.519. The molecule has 1 rings (SSSR count). The van der Waals surface area contributed by atoms with E-state index in [1.165, 1.54) is 5.56 Å². The molecule has 0 bridgehead atoms. The van der Waals surface area contributed by atoms with Gasteiger partial charge in [0.1, 0.15) is 0 Å². The Bertz CT molecular complexity index is 364. The number of unbranched alkanes of at least 4 members (excludes halogenated alkanes) is 1. The standard InChI is InChI=1S/C16H24O2S/c1-4-5-11-18-16(17)13(2)12-19-14(3)15-9-7-6-8-10-15/h6-10,13-14H,4-5,11-12H2,1-3H3. The summed E-state index contributed by atoms with van der Waals surface area (Å²) in [6, 6.07) is 10.4. The van der Waals surface area contributed by atoms with Gasteiger partial charge in [-0.15, -0.1) is 0 Å². The first kappa shape index (κ1) is 16.1. The normalized spacial score (nSPS) is 13.8. The molecule has 0 amide bonds. The first-order valence-electron chi connectivity index (χ1n) is 6.98. The molecule has 0 fully saturated rings. The fourth-order valence-electron chi connectivity index (χ4n) is 1.64. The topological polar surface area (TPSA) is 26.3 Å². The number of thioether (sulfide) groups is 1. The highest BCUT2D eigenvalue weighted by Gasteiger charge is 2.16. The van der Waals surface area contributed by atoms with Gasteiger partial charge in [0.25, 0.3) is 0 Å². The van der Waals surface area contributed by atoms with Crippen molar-refractivity contribution in [3.05, 3.63) is 35.9 Å². The Morgan fingerprint density at radius 1 is 1.26 bits per heavy atom. The molecule has 0 saturated heterocycles. The molecule has 0 aliphatic heterocycles. The second-order valence-electron chi connectivity index (χ2n) is 4.81. The Kier molecular flexibility index (Phi) is 7.65. The van der Waals surface area contributed by atoms with Gasteiger partial charge >= 0.3 is 5.97 Å². The summed E-state index contributed by atoms with van der Waals surface area (Å²) in [5.41, 5.74) is 1.30. The van der Waals surface area contributed by atoms with E-state index in [0.29, 0.717) is 11.9 Å². The lowest BCUT2D eigenvalue weighted by molar-refractivity contribution is -0.147. The van der Waals surface area contributed by atoms with Gasteiger partial charge in [-0.2, -0.15) is 11.8 Å². The minimum atomic E-state index is -0.0683. The summed E-state index contributed by atoms with van der Waals surface area (Å²) in [4.78, 5) is 11.7. The van der Waals surface area contributed by atoms with Crippen LogP contribution >= 0.6 is 11.8 Å². The lowest BCUT2D eigenvalue weighted by atomic mass is 10.2. The van der Waals surface area contributed by atoms with Crippen molar-refractivity contribution in [2.45, 2.75) is 38.9 Å². The molecule has 0 aliphatic carbocycles. The van der Waals surface area contributed by atoms with Crippen LogP contribution in [0.15, 0.2) is 30.3 Å². The van der Waals surface area contributed by atoms with E-state index in [1.54, 1.807) is 11.8 Å². The summed E-state index contributed by atoms with van der Waals surface area (Å²) < 4.78 is 5.23. The van der Waals surface area contributed by atoms with Crippen molar-refractivity contribution in [1.82, 2.24) is 0 Å². The highest BCUT2D eigenvalue weighted by Crippen LogP contribution is 2.29. The number of esters is 1. The molecule has 2 unspecified atom stereocenters. The molecule has 0 radical (unpaired) electrons. The third-order valence-corrected chi connectivity index (χ3v) is 4.47. The van der Waals surface area contributed by atoms with Crippen molar-refractivity contribution in [3.63, 3.8) is 0 Å². The summed E-state index contributed by atoms with van der Waals surface area (Å²) in [6.45, 7) is 6.77. The van der Waals surface area contributed by atoms with E-state index in [4.69, 9.17) is 4.74 Å². The van der Waals surface area contributed by atoms with Gasteiger partial charge in [-0.3, -0.25) is 4.79 Å². The molecule has 3 heteroatoms. The van der Waals surface area contributed by atoms with Crippen LogP contribution in [0.2, 0.25) is 0 Å². The van der Waals surface area contributed by atoms with Crippen molar-refractivity contribution in [2.75, 3.05) is 12.4 Å². The minimum Gasteiger partial charge on any atom is -0.465 e. The number of rotatable bonds is 8. The highest BCUT2D eigenvalue weighted by atomic mass is 32.2. The maximum absolute atomic E-state index is 11.7. The lowest BCUT2D eigenvalue weighted by Crippen LogP contribution is -2.17. The Morgan fingerprint density at radius 3 is 2.58 bits per heavy atom. The molecular weight excluding hydrogens is 256 g/mol. The van der Waals surface area contributed by atoms with Crippen molar-refractivity contribution in [1.29, 1.82) is 0 Å². The van der Waals surface area contributed by atoms with Gasteiger partial charge in [-0.05, 0) is 18.9 Å². The molecule has 2 nitrogen and oxygen atoms in total. The fraction of sp³-hybridized carbons (Fsp3) is 0.562. The summed E-state index contributed by atoms with van der Waals surface area (Å²) >= 11 is 1.80. The number of benzene rings is 1. The average Bonchev–Trinajstić information content (AvgIpc) is 2.45. The highest BCUT2D eigenvalue weighted by molar-refractivity contribution is 7.99. The van der Waals surface area contributed by atoms with Crippen LogP contribution in [0.25, 0.3) is 0 Å². The van der Waals surface area contributed by atoms with Crippen molar-refractivity contribution in [3.8, 4) is 0 Å². The zero-order valence-electron chi connectivity index (χ0n) is 12.1. The zero-order chi connectivity index (χ0) is 14.1. The number of ether oxygens (including phenoxy) is 1. The Labute approximate surface area is 120 Å². The smallest absolute Gasteiger partial charge is 0.309 e. The van der Waals surface area contributed by atoms with Crippen LogP contribution in [0, 0.1) is 5.92 Å². The van der Waals surface area contributed by atoms with Crippen LogP contribution in [-0.4, -0.2) is 18.3 Å². The van der Waals surface area contributed by atoms with Crippen molar-refractivity contribution in [2.24, 2.45) is 5.92 Å². The molecule has 0 aliphatic rings. The number of carbonyl (C=O) groups is 1. The first-order valence-corrected chi connectivity index (χ1v) is 8.03. The van der Waals surface area contributed by atoms with Crippen LogP contribution in [0.1, 0.15) is 44.4 Å². The molecule has 2 atom stereocenters. The van der Waals surface area contributed by atoms with E-state index in [9.17, 15) is 4.79 Å². The predicted molar refractivity (Wildman–Crippen MR) is 82.3 cm³/mol. The molecule has 1 aromatic carbocycles. The maximum Gasteiger partial charge on any atom is 0.309 e. The van der Waals surface area contributed by atoms with Crippen LogP contribution in [0.4, 0.5) is 0 Å². The first-order chi connectivity index (χ1) is 9.15. The summed E-state index contributed by atoms with van der Waals surface area (Å²) in [7, 11) is 0. The Hall–Kier alpha value is -0.960. The van der Waals surface area contributed by atoms with Crippen LogP contribution in [0.5, 0.6) is 0 Å². The molecule has 0 N–H and O–H groups in total. The Balaban J connectivity index is 2.29. The van der Waals surface area contributed by atoms with E-state index in [2.05, 4.69) is 38.1 Å². The number of hydrogen-bond acceptors (Lipinski definition) is 3. The Morgan fingerprint density at radius 2 is 1.95 bits per heavy atom. The van der Waals surface area contributed by atoms with Crippen LogP contribution in [0.3, 0.4) is 0 Å². The van der Waals surface area contributed by atoms with Gasteiger partial charge in [0.2, 0.25) is 0 Å². The van der Waals surface area contributed by atoms with E-state index in [1.807, 2.05) is 13.0 Å². The molecule has 0 spiro atoms. The summed E-state index contributed by atoms with van der Waals surface area (Å²) in [5, 5.41) is 0.409. The van der Waals surface area contributed by atoms with E-state index < -0.39 is 0 Å². The van der Waals surface area contributed by atoms with E-state index in [-0.39, 0.29) is 11.9 Å². The fourth-order valence-corrected chi connectivity index (χ4v) is 2.70. The van der Waals surface area contributed by atoms with Crippen LogP contribution < -0.4 is 0 Å². The van der Waals surface area contributed by atoms with Gasteiger partial charge in [-0.1, -0.05) is 50.6 Å². The second-order valence-corrected chi connectivity index (χ2v) is 6.18. The SMILES string of the molecule is CCCCOC(=O)C(C)CSC(C)c1ccccc1. The molecule has 0 aromatic heterocycles. The molecule has 19 heavy (non-hydrogen) atoms. The van der Waals surface area contributed by atoms with Gasteiger partial charge in [-0.25, -0.2) is 0 Å². The second kappa shape index (κ2) is 9.03. The lowest BCUT2D eigenvalue weighted by Gasteiger charge is -2.15. The monoisotopic (exact) mass is 280 g/mol. The van der Waals surface area contributed by atoms with Gasteiger partial charge in [0, 0.05) is 11.0 Å². The van der Waals surface area contributed by atoms with Crippen molar-refractivity contribution < 1.29 is 9.53 Å². The predicted octanol–water partition coefficient (Wildman–Crippen LogP) is 4.46. The van der Waals surface area contributed by atoms with Gasteiger partial charge in [0.05, 0.1) is 12.5 Å². The molecule has 0 saturated carbocycles.